The van der Waals surface area contributed by atoms with Crippen LogP contribution in [0.3, 0.4) is 0 Å². The molecule has 6 aromatic rings. The molecule has 6 aromatic carbocycles. The molecule has 6 rings (SSSR count). The molecule has 244 valence electrons. The Balaban J connectivity index is 1.12. The Morgan fingerprint density at radius 3 is 2.06 bits per heavy atom. The Labute approximate surface area is 285 Å². The summed E-state index contributed by atoms with van der Waals surface area (Å²) in [6.45, 7) is 0.610. The summed E-state index contributed by atoms with van der Waals surface area (Å²) in [4.78, 5) is 41.6. The quantitative estimate of drug-likeness (QED) is 0.101. The van der Waals surface area contributed by atoms with Gasteiger partial charge in [-0.2, -0.15) is 0 Å². The van der Waals surface area contributed by atoms with E-state index in [-0.39, 0.29) is 18.3 Å². The molecule has 0 radical (unpaired) electrons. The molecule has 0 aliphatic heterocycles. The lowest BCUT2D eigenvalue weighted by molar-refractivity contribution is -0.141. The minimum Gasteiger partial charge on any atom is -0.492 e. The number of fused-ring (bicyclic) bond motifs is 1. The number of rotatable bonds is 13. The van der Waals surface area contributed by atoms with Crippen LogP contribution in [-0.2, 0) is 16.0 Å². The number of hydrogen-bond donors (Lipinski definition) is 1. The predicted octanol–water partition coefficient (Wildman–Crippen LogP) is 7.99. The molecule has 1 unspecified atom stereocenters. The third-order valence-corrected chi connectivity index (χ3v) is 8.28. The van der Waals surface area contributed by atoms with Crippen LogP contribution < -0.4 is 15.0 Å². The summed E-state index contributed by atoms with van der Waals surface area (Å²) >= 11 is 0. The average molecular weight is 649 g/mol. The van der Waals surface area contributed by atoms with Crippen LogP contribution in [0.1, 0.15) is 31.8 Å². The summed E-state index contributed by atoms with van der Waals surface area (Å²) in [7, 11) is 1.35. The van der Waals surface area contributed by atoms with E-state index in [4.69, 9.17) is 9.47 Å². The molecule has 1 atom stereocenters. The first-order chi connectivity index (χ1) is 24.0. The predicted molar refractivity (Wildman–Crippen MR) is 193 cm³/mol. The summed E-state index contributed by atoms with van der Waals surface area (Å²) in [5.74, 6) is -0.0569. The second-order valence-corrected chi connectivity index (χ2v) is 11.5. The number of ketones is 1. The number of nitrogens with zero attached hydrogens (tertiary/aromatic N) is 1. The number of para-hydroxylation sites is 2. The molecule has 0 fully saturated rings. The van der Waals surface area contributed by atoms with Crippen LogP contribution >= 0.6 is 0 Å². The Bertz CT molecular complexity index is 2050. The monoisotopic (exact) mass is 648 g/mol. The molecule has 1 N–H and O–H groups in total. The van der Waals surface area contributed by atoms with E-state index in [0.717, 1.165) is 22.0 Å². The zero-order chi connectivity index (χ0) is 34.0. The van der Waals surface area contributed by atoms with Gasteiger partial charge in [0.25, 0.3) is 5.91 Å². The second-order valence-electron chi connectivity index (χ2n) is 11.5. The van der Waals surface area contributed by atoms with Crippen LogP contribution in [0.2, 0.25) is 0 Å². The molecule has 7 heteroatoms. The molecule has 1 amide bonds. The summed E-state index contributed by atoms with van der Waals surface area (Å²) < 4.78 is 11.2. The van der Waals surface area contributed by atoms with E-state index in [0.29, 0.717) is 41.1 Å². The van der Waals surface area contributed by atoms with Gasteiger partial charge >= 0.3 is 5.97 Å². The van der Waals surface area contributed by atoms with Crippen molar-refractivity contribution in [3.05, 3.63) is 174 Å². The van der Waals surface area contributed by atoms with E-state index < -0.39 is 12.0 Å². The summed E-state index contributed by atoms with van der Waals surface area (Å²) in [6.07, 6.45) is 0.322. The lowest BCUT2D eigenvalue weighted by Crippen LogP contribution is -2.34. The number of anilines is 2. The Hall–Kier alpha value is -6.21. The maximum atomic E-state index is 13.7. The van der Waals surface area contributed by atoms with Crippen molar-refractivity contribution in [2.45, 2.75) is 12.5 Å². The number of carbonyl (C=O) groups is 3. The molecule has 0 aromatic heterocycles. The molecular weight excluding hydrogens is 612 g/mol. The standard InChI is InChI=1S/C42H36N2O5/c1-48-42(47)39(43-38-19-11-10-18-37(38)40(45)32-13-4-2-5-14-32)28-30-20-24-36(25-21-30)49-27-26-44(35-16-6-3-7-17-35)41(46)34-23-22-31-12-8-9-15-33(31)29-34/h2-25,29,39,43H,26-28H2,1H3. The van der Waals surface area contributed by atoms with Crippen molar-refractivity contribution in [2.24, 2.45) is 0 Å². The maximum absolute atomic E-state index is 13.7. The van der Waals surface area contributed by atoms with Gasteiger partial charge in [-0.05, 0) is 64.9 Å². The van der Waals surface area contributed by atoms with Crippen LogP contribution in [0.4, 0.5) is 11.4 Å². The number of hydrogen-bond acceptors (Lipinski definition) is 6. The molecule has 0 heterocycles. The smallest absolute Gasteiger partial charge is 0.328 e. The lowest BCUT2D eigenvalue weighted by Gasteiger charge is -2.23. The number of ether oxygens (including phenoxy) is 2. The lowest BCUT2D eigenvalue weighted by atomic mass is 10.00. The maximum Gasteiger partial charge on any atom is 0.328 e. The van der Waals surface area contributed by atoms with Gasteiger partial charge in [-0.1, -0.05) is 103 Å². The molecule has 0 bridgehead atoms. The van der Waals surface area contributed by atoms with Gasteiger partial charge in [0.15, 0.2) is 5.78 Å². The van der Waals surface area contributed by atoms with Gasteiger partial charge in [0.1, 0.15) is 18.4 Å². The first kappa shape index (κ1) is 32.7. The van der Waals surface area contributed by atoms with Crippen molar-refractivity contribution in [1.82, 2.24) is 0 Å². The first-order valence-corrected chi connectivity index (χ1v) is 16.1. The van der Waals surface area contributed by atoms with Crippen molar-refractivity contribution in [3.8, 4) is 5.75 Å². The molecule has 0 saturated heterocycles. The molecule has 0 saturated carbocycles. The van der Waals surface area contributed by atoms with Gasteiger partial charge < -0.3 is 19.7 Å². The van der Waals surface area contributed by atoms with Gasteiger partial charge in [0, 0.05) is 34.5 Å². The van der Waals surface area contributed by atoms with Crippen molar-refractivity contribution in [2.75, 3.05) is 30.5 Å². The van der Waals surface area contributed by atoms with Crippen LogP contribution in [0.15, 0.2) is 152 Å². The summed E-state index contributed by atoms with van der Waals surface area (Å²) in [6, 6.07) is 46.2. The van der Waals surface area contributed by atoms with E-state index in [2.05, 4.69) is 5.32 Å². The van der Waals surface area contributed by atoms with Crippen molar-refractivity contribution >= 4 is 39.8 Å². The van der Waals surface area contributed by atoms with Gasteiger partial charge in [-0.3, -0.25) is 9.59 Å². The summed E-state index contributed by atoms with van der Waals surface area (Å²) in [5.41, 5.74) is 3.84. The van der Waals surface area contributed by atoms with E-state index in [1.54, 1.807) is 35.2 Å². The van der Waals surface area contributed by atoms with E-state index in [1.165, 1.54) is 7.11 Å². The Kier molecular flexibility index (Phi) is 10.4. The summed E-state index contributed by atoms with van der Waals surface area (Å²) in [5, 5.41) is 5.33. The zero-order valence-corrected chi connectivity index (χ0v) is 27.1. The average Bonchev–Trinajstić information content (AvgIpc) is 3.16. The number of nitrogens with one attached hydrogen (secondary N) is 1. The topological polar surface area (TPSA) is 84.9 Å². The normalized spacial score (nSPS) is 11.4. The van der Waals surface area contributed by atoms with E-state index in [1.807, 2.05) is 121 Å². The van der Waals surface area contributed by atoms with Crippen molar-refractivity contribution < 1.29 is 23.9 Å². The molecule has 0 aliphatic carbocycles. The fraction of sp³-hybridized carbons (Fsp3) is 0.119. The third-order valence-electron chi connectivity index (χ3n) is 8.28. The highest BCUT2D eigenvalue weighted by Crippen LogP contribution is 2.24. The zero-order valence-electron chi connectivity index (χ0n) is 27.1. The van der Waals surface area contributed by atoms with E-state index >= 15 is 0 Å². The van der Waals surface area contributed by atoms with Crippen LogP contribution in [-0.4, -0.2) is 44.0 Å². The minimum absolute atomic E-state index is 0.107. The van der Waals surface area contributed by atoms with E-state index in [9.17, 15) is 14.4 Å². The molecule has 49 heavy (non-hydrogen) atoms. The Morgan fingerprint density at radius 2 is 1.33 bits per heavy atom. The number of carbonyl (C=O) groups excluding carboxylic acids is 3. The van der Waals surface area contributed by atoms with Gasteiger partial charge in [-0.15, -0.1) is 0 Å². The molecular formula is C42H36N2O5. The molecule has 0 spiro atoms. The fourth-order valence-electron chi connectivity index (χ4n) is 5.72. The largest absolute Gasteiger partial charge is 0.492 e. The van der Waals surface area contributed by atoms with Gasteiger partial charge in [-0.25, -0.2) is 4.79 Å². The second kappa shape index (κ2) is 15.6. The number of amides is 1. The minimum atomic E-state index is -0.734. The van der Waals surface area contributed by atoms with Crippen molar-refractivity contribution in [1.29, 1.82) is 0 Å². The van der Waals surface area contributed by atoms with Crippen LogP contribution in [0.5, 0.6) is 5.75 Å². The first-order valence-electron chi connectivity index (χ1n) is 16.1. The van der Waals surface area contributed by atoms with Gasteiger partial charge in [0.05, 0.1) is 13.7 Å². The highest BCUT2D eigenvalue weighted by atomic mass is 16.5. The Morgan fingerprint density at radius 1 is 0.673 bits per heavy atom. The van der Waals surface area contributed by atoms with Crippen LogP contribution in [0.25, 0.3) is 10.8 Å². The van der Waals surface area contributed by atoms with Gasteiger partial charge in [0.2, 0.25) is 0 Å². The number of esters is 1. The third kappa shape index (κ3) is 8.03. The fourth-order valence-corrected chi connectivity index (χ4v) is 5.72. The highest BCUT2D eigenvalue weighted by Gasteiger charge is 2.23. The van der Waals surface area contributed by atoms with Crippen molar-refractivity contribution in [3.63, 3.8) is 0 Å². The SMILES string of the molecule is COC(=O)C(Cc1ccc(OCCN(C(=O)c2ccc3ccccc3c2)c2ccccc2)cc1)Nc1ccccc1C(=O)c1ccccc1. The number of methoxy groups -OCH3 is 1. The highest BCUT2D eigenvalue weighted by molar-refractivity contribution is 6.12. The molecule has 0 aliphatic rings. The molecule has 7 nitrogen and oxygen atoms in total. The van der Waals surface area contributed by atoms with Crippen LogP contribution in [0, 0.1) is 0 Å². The number of benzene rings is 6.